The van der Waals surface area contributed by atoms with Crippen molar-refractivity contribution in [2.24, 2.45) is 17.6 Å². The summed E-state index contributed by atoms with van der Waals surface area (Å²) in [6.45, 7) is -1.56. The number of hydrogen-bond donors (Lipinski definition) is 7. The summed E-state index contributed by atoms with van der Waals surface area (Å²) in [5, 5.41) is 63.7. The number of aromatic hydroxyl groups is 1. The van der Waals surface area contributed by atoms with E-state index in [1.165, 1.54) is 25.1 Å². The molecule has 1 fully saturated rings. The van der Waals surface area contributed by atoms with Crippen molar-refractivity contribution in [3.8, 4) is 5.75 Å². The van der Waals surface area contributed by atoms with Crippen molar-refractivity contribution in [2.45, 2.75) is 69.1 Å². The SMILES string of the molecule is C[C@H]1c2ccc(NC(=O)CCCCCCCP(OC=O)(c3ccccc3)(c3ccccc3)c3ccccc3)c(O)c2C(O)=C2C(=O)[C@]3(O)C(O)=C(C(N)=O)C(=O)[C@@H](N(C)C)[C@@H]3[C@@H](O)[C@@H]21. The van der Waals surface area contributed by atoms with Crippen molar-refractivity contribution in [1.82, 2.24) is 4.90 Å². The molecule has 0 spiro atoms. The number of carbonyl (C=O) groups is 5. The zero-order chi connectivity index (χ0) is 46.2. The molecule has 2 amide bonds. The number of phenolic OH excluding ortho intramolecular Hbond substituents is 1. The van der Waals surface area contributed by atoms with E-state index in [0.717, 1.165) is 35.2 Å². The van der Waals surface area contributed by atoms with E-state index in [1.807, 2.05) is 91.0 Å². The Morgan fingerprint density at radius 2 is 1.36 bits per heavy atom. The molecule has 0 heterocycles. The van der Waals surface area contributed by atoms with Gasteiger partial charge in [-0.25, -0.2) is 0 Å². The van der Waals surface area contributed by atoms with Gasteiger partial charge in [0, 0.05) is 11.5 Å². The van der Waals surface area contributed by atoms with Gasteiger partial charge in [-0.2, -0.15) is 0 Å². The van der Waals surface area contributed by atoms with Gasteiger partial charge in [-0.05, 0) is 25.6 Å². The third-order valence-corrected chi connectivity index (χ3v) is 19.5. The molecule has 0 radical (unpaired) electrons. The van der Waals surface area contributed by atoms with Gasteiger partial charge in [0.25, 0.3) is 5.91 Å². The number of unbranched alkanes of at least 4 members (excludes halogenated alkanes) is 4. The molecule has 4 aromatic rings. The van der Waals surface area contributed by atoms with E-state index >= 15 is 0 Å². The van der Waals surface area contributed by atoms with Crippen LogP contribution in [0.2, 0.25) is 0 Å². The minimum absolute atomic E-state index is 0.0548. The predicted octanol–water partition coefficient (Wildman–Crippen LogP) is 4.39. The Bertz CT molecular complexity index is 2450. The fourth-order valence-electron chi connectivity index (χ4n) is 10.6. The molecule has 0 unspecified atom stereocenters. The summed E-state index contributed by atoms with van der Waals surface area (Å²) in [5.41, 5.74) is 0.904. The number of anilines is 1. The molecule has 3 aliphatic rings. The maximum absolute atomic E-state index is 14.3. The molecule has 3 aliphatic carbocycles. The van der Waals surface area contributed by atoms with Gasteiger partial charge in [-0.15, -0.1) is 0 Å². The summed E-state index contributed by atoms with van der Waals surface area (Å²) in [5.74, 6) is -10.4. The second kappa shape index (κ2) is 17.8. The minimum atomic E-state index is -3.76. The number of nitrogens with one attached hydrogen (secondary N) is 1. The van der Waals surface area contributed by atoms with Gasteiger partial charge in [-0.3, -0.25) is 19.3 Å². The van der Waals surface area contributed by atoms with Crippen molar-refractivity contribution in [2.75, 3.05) is 25.6 Å². The van der Waals surface area contributed by atoms with Gasteiger partial charge in [0.1, 0.15) is 17.1 Å². The number of aliphatic hydroxyl groups excluding tert-OH is 3. The van der Waals surface area contributed by atoms with Crippen molar-refractivity contribution in [3.63, 3.8) is 0 Å². The molecule has 64 heavy (non-hydrogen) atoms. The third-order valence-electron chi connectivity index (χ3n) is 13.6. The van der Waals surface area contributed by atoms with Crippen molar-refractivity contribution in [1.29, 1.82) is 0 Å². The van der Waals surface area contributed by atoms with Gasteiger partial charge >= 0.3 is 224 Å². The van der Waals surface area contributed by atoms with E-state index in [2.05, 4.69) is 5.32 Å². The molecule has 336 valence electrons. The Balaban J connectivity index is 1.06. The van der Waals surface area contributed by atoms with Gasteiger partial charge < -0.3 is 26.2 Å². The molecule has 6 atom stereocenters. The quantitative estimate of drug-likeness (QED) is 0.0273. The second-order valence-corrected chi connectivity index (χ2v) is 21.8. The number of Topliss-reactive ketones (excluding diaryl/α,β-unsaturated/α-hetero) is 2. The number of phenols is 1. The summed E-state index contributed by atoms with van der Waals surface area (Å²) in [4.78, 5) is 67.2. The molecule has 1 saturated carbocycles. The van der Waals surface area contributed by atoms with E-state index < -0.39 is 94.1 Å². The standard InChI is InChI=1S/C49H54N3O11P/c1-29-33-25-26-34(42(55)37(33)43(56)38-36(29)44(57)40-41(52(2)3)45(58)39(48(50)61)47(60)49(40,62)46(38)59)51-35(54)24-16-5-4-6-17-27-64(63-28-53,30-18-10-7-11-19-30,31-20-12-8-13-21-31)32-22-14-9-15-23-32/h7-15,18-23,25-26,28-29,36,40-41,44,55-57,60,62H,4-6,16-17,24,27H2,1-3H3,(H2,50,61)(H,51,54)/t29-,36+,40+,41-,44-,49-/m0/s1. The minimum Gasteiger partial charge on any atom is -0.508 e. The summed E-state index contributed by atoms with van der Waals surface area (Å²) >= 11 is 0. The van der Waals surface area contributed by atoms with Crippen LogP contribution >= 0.6 is 6.83 Å². The van der Waals surface area contributed by atoms with Crippen LogP contribution in [0.25, 0.3) is 5.76 Å². The van der Waals surface area contributed by atoms with Crippen LogP contribution in [-0.4, -0.2) is 98.3 Å². The van der Waals surface area contributed by atoms with E-state index in [9.17, 15) is 49.5 Å². The number of nitrogens with zero attached hydrogens (tertiary/aromatic N) is 1. The Kier molecular flexibility index (Phi) is 12.7. The smallest absolute Gasteiger partial charge is 0.508 e. The van der Waals surface area contributed by atoms with Gasteiger partial charge in [0.15, 0.2) is 11.4 Å². The van der Waals surface area contributed by atoms with Crippen LogP contribution in [0, 0.1) is 11.8 Å². The molecule has 7 rings (SSSR count). The molecule has 8 N–H and O–H groups in total. The summed E-state index contributed by atoms with van der Waals surface area (Å²) in [7, 11) is 2.88. The molecular weight excluding hydrogens is 838 g/mol. The van der Waals surface area contributed by atoms with Crippen molar-refractivity contribution < 1.29 is 54.0 Å². The number of fused-ring (bicyclic) bond motifs is 3. The Morgan fingerprint density at radius 3 is 1.88 bits per heavy atom. The third kappa shape index (κ3) is 7.09. The molecular formula is C49H54N3O11P. The Hall–Kier alpha value is -6.18. The predicted molar refractivity (Wildman–Crippen MR) is 244 cm³/mol. The summed E-state index contributed by atoms with van der Waals surface area (Å²) < 4.78 is 6.52. The van der Waals surface area contributed by atoms with Crippen LogP contribution in [-0.2, 0) is 28.5 Å². The number of hydrogen-bond acceptors (Lipinski definition) is 12. The van der Waals surface area contributed by atoms with E-state index in [1.54, 1.807) is 13.0 Å². The number of primary amides is 1. The topological polar surface area (TPSA) is 237 Å². The fraction of sp³-hybridized carbons (Fsp3) is 0.327. The zero-order valence-corrected chi connectivity index (χ0v) is 36.8. The Labute approximate surface area is 371 Å². The first-order valence-electron chi connectivity index (χ1n) is 21.4. The normalized spacial score (nSPS) is 23.7. The van der Waals surface area contributed by atoms with Crippen LogP contribution < -0.4 is 27.0 Å². The average molecular weight is 892 g/mol. The van der Waals surface area contributed by atoms with Crippen molar-refractivity contribution in [3.05, 3.63) is 131 Å². The van der Waals surface area contributed by atoms with E-state index in [4.69, 9.17) is 10.3 Å². The van der Waals surface area contributed by atoms with Gasteiger partial charge in [0.2, 0.25) is 5.78 Å². The molecule has 14 nitrogen and oxygen atoms in total. The van der Waals surface area contributed by atoms with Crippen LogP contribution in [0.3, 0.4) is 0 Å². The van der Waals surface area contributed by atoms with E-state index in [0.29, 0.717) is 31.0 Å². The molecule has 4 aromatic carbocycles. The van der Waals surface area contributed by atoms with Crippen LogP contribution in [0.5, 0.6) is 5.75 Å². The number of ketones is 2. The summed E-state index contributed by atoms with van der Waals surface area (Å²) in [6.07, 6.45) is 2.49. The number of aliphatic hydroxyl groups is 4. The van der Waals surface area contributed by atoms with Gasteiger partial charge in [-0.1, -0.05) is 6.92 Å². The molecule has 0 bridgehead atoms. The maximum atomic E-state index is 14.3. The van der Waals surface area contributed by atoms with Crippen LogP contribution in [0.4, 0.5) is 5.69 Å². The number of amides is 2. The van der Waals surface area contributed by atoms with Crippen LogP contribution in [0.15, 0.2) is 120 Å². The molecule has 0 aromatic heterocycles. The number of carbonyl (C=O) groups excluding carboxylic acids is 5. The number of nitrogens with two attached hydrogens (primary N) is 1. The second-order valence-electron chi connectivity index (χ2n) is 17.2. The van der Waals surface area contributed by atoms with E-state index in [-0.39, 0.29) is 17.7 Å². The van der Waals surface area contributed by atoms with Crippen LogP contribution in [0.1, 0.15) is 62.5 Å². The molecule has 0 aliphatic heterocycles. The first kappa shape index (κ1) is 45.8. The summed E-state index contributed by atoms with van der Waals surface area (Å²) in [6, 6.07) is 31.3. The number of likely N-dealkylation sites (N-methyl/N-ethyl adjacent to an activating group) is 1. The Morgan fingerprint density at radius 1 is 0.828 bits per heavy atom. The van der Waals surface area contributed by atoms with Crippen molar-refractivity contribution >= 4 is 64.0 Å². The molecule has 15 heteroatoms. The monoisotopic (exact) mass is 891 g/mol. The van der Waals surface area contributed by atoms with Gasteiger partial charge in [0.05, 0.1) is 18.1 Å². The average Bonchev–Trinajstić information content (AvgIpc) is 3.28. The fourth-order valence-corrected chi connectivity index (χ4v) is 16.1. The first-order valence-corrected chi connectivity index (χ1v) is 23.7. The first-order chi connectivity index (χ1) is 30.6. The number of rotatable bonds is 16. The number of benzene rings is 4. The zero-order valence-electron chi connectivity index (χ0n) is 35.9. The molecule has 0 saturated heterocycles.